The largest absolute Gasteiger partial charge is 0.508 e. The Balaban J connectivity index is 0.954. The van der Waals surface area contributed by atoms with Crippen LogP contribution in [0.1, 0.15) is 31.9 Å². The summed E-state index contributed by atoms with van der Waals surface area (Å²) in [4.78, 5) is 29.0. The molecule has 11 heteroatoms. The minimum absolute atomic E-state index is 0.0388. The maximum atomic E-state index is 12.4. The number of amides is 1. The van der Waals surface area contributed by atoms with Gasteiger partial charge in [0.05, 0.1) is 38.4 Å². The molecule has 2 N–H and O–H groups in total. The summed E-state index contributed by atoms with van der Waals surface area (Å²) in [5.74, 6) is 1.91. The number of ether oxygens (including phenoxy) is 3. The quantitative estimate of drug-likeness (QED) is 0.165. The summed E-state index contributed by atoms with van der Waals surface area (Å²) in [5.41, 5.74) is 3.48. The van der Waals surface area contributed by atoms with Crippen LogP contribution in [0.2, 0.25) is 0 Å². The van der Waals surface area contributed by atoms with Gasteiger partial charge in [-0.1, -0.05) is 31.2 Å². The predicted octanol–water partition coefficient (Wildman–Crippen LogP) is 4.42. The van der Waals surface area contributed by atoms with Gasteiger partial charge in [0.15, 0.2) is 17.2 Å². The lowest BCUT2D eigenvalue weighted by Gasteiger charge is -2.57. The smallest absolute Gasteiger partial charge is 0.246 e. The first kappa shape index (κ1) is 29.6. The number of hydrogen-bond acceptors (Lipinski definition) is 10. The van der Waals surface area contributed by atoms with E-state index in [4.69, 9.17) is 33.6 Å². The predicted molar refractivity (Wildman–Crippen MR) is 169 cm³/mol. The molecule has 0 radical (unpaired) electrons. The van der Waals surface area contributed by atoms with E-state index in [-0.39, 0.29) is 29.7 Å². The van der Waals surface area contributed by atoms with Crippen molar-refractivity contribution in [2.24, 2.45) is 11.3 Å². The number of pyridine rings is 1. The van der Waals surface area contributed by atoms with Crippen molar-refractivity contribution in [3.63, 3.8) is 0 Å². The topological polar surface area (TPSA) is 132 Å². The van der Waals surface area contributed by atoms with Crippen LogP contribution in [0.3, 0.4) is 0 Å². The van der Waals surface area contributed by atoms with E-state index in [1.54, 1.807) is 18.2 Å². The number of rotatable bonds is 13. The van der Waals surface area contributed by atoms with E-state index in [2.05, 4.69) is 29.3 Å². The highest BCUT2D eigenvalue weighted by Crippen LogP contribution is 2.58. The Kier molecular flexibility index (Phi) is 8.39. The summed E-state index contributed by atoms with van der Waals surface area (Å²) in [6.07, 6.45) is 8.45. The summed E-state index contributed by atoms with van der Waals surface area (Å²) < 4.78 is 23.2. The van der Waals surface area contributed by atoms with Gasteiger partial charge in [0.1, 0.15) is 17.9 Å². The van der Waals surface area contributed by atoms with Crippen molar-refractivity contribution in [1.82, 2.24) is 20.3 Å². The zero-order valence-electron chi connectivity index (χ0n) is 25.5. The molecule has 2 fully saturated rings. The van der Waals surface area contributed by atoms with Crippen molar-refractivity contribution < 1.29 is 28.5 Å². The Morgan fingerprint density at radius 1 is 1.13 bits per heavy atom. The standard InChI is InChI=1S/C34H39N5O6/c1-2-27(34-11-8-23(34)9-12-34)36-28(41)21-44-19-18-42-15-10-24-6-7-26-29-30(45-33(26)35-24)32(39-13-16-43-17-14-39)38-31(37-29)22-4-3-5-25(40)20-22/h3-8,11,20,23,27,40H,2,9-10,12-19,21H2,1H3,(H,36,41). The number of nitrogens with zero attached hydrogens (tertiary/aromatic N) is 4. The molecular formula is C34H39N5O6. The highest BCUT2D eigenvalue weighted by molar-refractivity contribution is 6.05. The van der Waals surface area contributed by atoms with Crippen LogP contribution in [0.4, 0.5) is 5.82 Å². The molecule has 3 aliphatic rings. The molecule has 45 heavy (non-hydrogen) atoms. The van der Waals surface area contributed by atoms with Crippen molar-refractivity contribution in [3.8, 4) is 17.1 Å². The van der Waals surface area contributed by atoms with E-state index in [1.807, 2.05) is 18.2 Å². The number of aromatic hydroxyl groups is 1. The number of benzene rings is 1. The number of phenolic OH excluding ortho intramolecular Hbond substituents is 1. The van der Waals surface area contributed by atoms with Gasteiger partial charge in [-0.3, -0.25) is 4.79 Å². The molecule has 0 spiro atoms. The molecule has 1 amide bonds. The first-order valence-corrected chi connectivity index (χ1v) is 15.9. The minimum atomic E-state index is -0.0685. The second-order valence-corrected chi connectivity index (χ2v) is 12.0. The molecule has 1 aromatic carbocycles. The SMILES string of the molecule is CCC(NC(=O)COCCOCCc1ccc2c(n1)oc1c(N3CCOCC3)nc(-c3cccc(O)c3)nc12)C12C=CC1CC2. The van der Waals surface area contributed by atoms with E-state index in [9.17, 15) is 9.90 Å². The van der Waals surface area contributed by atoms with E-state index < -0.39 is 0 Å². The lowest BCUT2D eigenvalue weighted by atomic mass is 9.49. The molecule has 1 aliphatic heterocycles. The molecule has 3 atom stereocenters. The monoisotopic (exact) mass is 613 g/mol. The molecule has 3 aromatic heterocycles. The van der Waals surface area contributed by atoms with Crippen LogP contribution in [0, 0.1) is 11.3 Å². The van der Waals surface area contributed by atoms with Crippen LogP contribution in [-0.2, 0) is 25.4 Å². The Morgan fingerprint density at radius 2 is 2.00 bits per heavy atom. The number of morpholine rings is 1. The zero-order valence-corrected chi connectivity index (χ0v) is 25.5. The fourth-order valence-corrected chi connectivity index (χ4v) is 6.72. The van der Waals surface area contributed by atoms with E-state index >= 15 is 0 Å². The Labute approximate surface area is 261 Å². The number of carbonyl (C=O) groups is 1. The summed E-state index contributed by atoms with van der Waals surface area (Å²) in [6, 6.07) is 11.0. The number of furan rings is 1. The molecule has 4 heterocycles. The number of aromatic nitrogens is 3. The average Bonchev–Trinajstić information content (AvgIpc) is 3.42. The highest BCUT2D eigenvalue weighted by Gasteiger charge is 2.53. The number of nitrogens with one attached hydrogen (secondary N) is 1. The van der Waals surface area contributed by atoms with Crippen LogP contribution in [0.25, 0.3) is 33.6 Å². The molecule has 0 bridgehead atoms. The van der Waals surface area contributed by atoms with Gasteiger partial charge >= 0.3 is 0 Å². The van der Waals surface area contributed by atoms with Crippen LogP contribution >= 0.6 is 0 Å². The number of phenols is 1. The van der Waals surface area contributed by atoms with Crippen LogP contribution in [-0.4, -0.2) is 84.7 Å². The second-order valence-electron chi connectivity index (χ2n) is 12.0. The first-order valence-electron chi connectivity index (χ1n) is 15.9. The van der Waals surface area contributed by atoms with Gasteiger partial charge in [-0.25, -0.2) is 15.0 Å². The van der Waals surface area contributed by atoms with Gasteiger partial charge < -0.3 is 34.0 Å². The number of carbonyl (C=O) groups excluding carboxylic acids is 1. The molecule has 2 aliphatic carbocycles. The maximum absolute atomic E-state index is 12.4. The van der Waals surface area contributed by atoms with Crippen molar-refractivity contribution in [2.75, 3.05) is 57.6 Å². The van der Waals surface area contributed by atoms with Crippen molar-refractivity contribution in [1.29, 1.82) is 0 Å². The summed E-state index contributed by atoms with van der Waals surface area (Å²) in [7, 11) is 0. The maximum Gasteiger partial charge on any atom is 0.246 e. The van der Waals surface area contributed by atoms with Gasteiger partial charge in [0, 0.05) is 42.2 Å². The first-order chi connectivity index (χ1) is 22.0. The van der Waals surface area contributed by atoms with Crippen molar-refractivity contribution in [2.45, 2.75) is 38.6 Å². The van der Waals surface area contributed by atoms with Gasteiger partial charge in [0.2, 0.25) is 11.6 Å². The summed E-state index contributed by atoms with van der Waals surface area (Å²) >= 11 is 0. The molecule has 7 rings (SSSR count). The van der Waals surface area contributed by atoms with Crippen LogP contribution < -0.4 is 10.2 Å². The Hall–Kier alpha value is -4.06. The second kappa shape index (κ2) is 12.7. The van der Waals surface area contributed by atoms with Crippen LogP contribution in [0.5, 0.6) is 5.75 Å². The fourth-order valence-electron chi connectivity index (χ4n) is 6.72. The normalized spacial score (nSPS) is 21.4. The van der Waals surface area contributed by atoms with Crippen molar-refractivity contribution in [3.05, 3.63) is 54.2 Å². The molecular weight excluding hydrogens is 574 g/mol. The van der Waals surface area contributed by atoms with Gasteiger partial charge in [-0.05, 0) is 49.4 Å². The third-order valence-electron chi connectivity index (χ3n) is 9.35. The van der Waals surface area contributed by atoms with E-state index in [0.717, 1.165) is 29.5 Å². The summed E-state index contributed by atoms with van der Waals surface area (Å²) in [6.45, 7) is 5.94. The summed E-state index contributed by atoms with van der Waals surface area (Å²) in [5, 5.41) is 14.0. The fraction of sp³-hybridized carbons (Fsp3) is 0.471. The van der Waals surface area contributed by atoms with E-state index in [1.165, 1.54) is 6.42 Å². The zero-order chi connectivity index (χ0) is 30.8. The van der Waals surface area contributed by atoms with Crippen LogP contribution in [0.15, 0.2) is 53.0 Å². The van der Waals surface area contributed by atoms with Gasteiger partial charge in [0.25, 0.3) is 0 Å². The number of anilines is 1. The highest BCUT2D eigenvalue weighted by atomic mass is 16.5. The number of fused-ring (bicyclic) bond motifs is 4. The average molecular weight is 614 g/mol. The van der Waals surface area contributed by atoms with Gasteiger partial charge in [-0.2, -0.15) is 0 Å². The molecule has 236 valence electrons. The third kappa shape index (κ3) is 5.87. The lowest BCUT2D eigenvalue weighted by Crippen LogP contribution is -2.58. The Bertz CT molecular complexity index is 1720. The van der Waals surface area contributed by atoms with Gasteiger partial charge in [-0.15, -0.1) is 0 Å². The minimum Gasteiger partial charge on any atom is -0.508 e. The van der Waals surface area contributed by atoms with Crippen molar-refractivity contribution >= 4 is 33.9 Å². The Morgan fingerprint density at radius 3 is 2.73 bits per heavy atom. The number of hydrogen-bond donors (Lipinski definition) is 2. The third-order valence-corrected chi connectivity index (χ3v) is 9.35. The number of allylic oxidation sites excluding steroid dienone is 1. The molecule has 1 saturated carbocycles. The molecule has 4 aromatic rings. The molecule has 1 saturated heterocycles. The molecule has 11 nitrogen and oxygen atoms in total. The molecule has 3 unspecified atom stereocenters. The lowest BCUT2D eigenvalue weighted by molar-refractivity contribution is -0.129. The van der Waals surface area contributed by atoms with E-state index in [0.29, 0.717) is 86.9 Å².